The van der Waals surface area contributed by atoms with Crippen molar-refractivity contribution in [2.75, 3.05) is 29.9 Å². The van der Waals surface area contributed by atoms with Crippen molar-refractivity contribution in [3.63, 3.8) is 0 Å². The van der Waals surface area contributed by atoms with Gasteiger partial charge in [-0.05, 0) is 44.0 Å². The van der Waals surface area contributed by atoms with Gasteiger partial charge in [0.25, 0.3) is 5.91 Å². The fraction of sp³-hybridized carbons (Fsp3) is 0.400. The van der Waals surface area contributed by atoms with Gasteiger partial charge >= 0.3 is 5.97 Å². The molecule has 0 saturated carbocycles. The summed E-state index contributed by atoms with van der Waals surface area (Å²) in [5.41, 5.74) is 1.24. The fourth-order valence-corrected chi connectivity index (χ4v) is 2.58. The molecule has 1 heterocycles. The number of esters is 1. The van der Waals surface area contributed by atoms with Gasteiger partial charge in [-0.15, -0.1) is 0 Å². The lowest BCUT2D eigenvalue weighted by atomic mass is 10.2. The maximum absolute atomic E-state index is 12.3. The lowest BCUT2D eigenvalue weighted by Crippen LogP contribution is -2.26. The Morgan fingerprint density at radius 1 is 1.00 bits per heavy atom. The van der Waals surface area contributed by atoms with E-state index in [0.717, 1.165) is 31.7 Å². The van der Waals surface area contributed by atoms with Crippen LogP contribution in [0.3, 0.4) is 0 Å². The zero-order valence-corrected chi connectivity index (χ0v) is 16.1. The van der Waals surface area contributed by atoms with Crippen LogP contribution in [0.5, 0.6) is 0 Å². The van der Waals surface area contributed by atoms with Crippen LogP contribution in [-0.4, -0.2) is 41.5 Å². The topological polar surface area (TPSA) is 84.4 Å². The molecule has 7 nitrogen and oxygen atoms in total. The van der Waals surface area contributed by atoms with Crippen LogP contribution in [-0.2, 0) is 4.74 Å². The smallest absolute Gasteiger partial charge is 0.338 e. The number of nitrogens with zero attached hydrogens (tertiary/aromatic N) is 3. The van der Waals surface area contributed by atoms with E-state index in [1.165, 1.54) is 6.20 Å². The maximum Gasteiger partial charge on any atom is 0.338 e. The average molecular weight is 370 g/mol. The lowest BCUT2D eigenvalue weighted by Gasteiger charge is -2.22. The minimum atomic E-state index is -0.388. The van der Waals surface area contributed by atoms with Gasteiger partial charge in [-0.1, -0.05) is 13.8 Å². The number of amides is 1. The highest BCUT2D eigenvalue weighted by Gasteiger charge is 2.12. The lowest BCUT2D eigenvalue weighted by molar-refractivity contribution is 0.0526. The number of carbonyl (C=O) groups excluding carboxylic acids is 2. The molecule has 7 heteroatoms. The third kappa shape index (κ3) is 5.77. The molecule has 1 N–H and O–H groups in total. The Morgan fingerprint density at radius 2 is 1.67 bits per heavy atom. The summed E-state index contributed by atoms with van der Waals surface area (Å²) >= 11 is 0. The molecule has 2 aromatic rings. The van der Waals surface area contributed by atoms with Crippen molar-refractivity contribution in [3.8, 4) is 0 Å². The maximum atomic E-state index is 12.3. The Hall–Kier alpha value is -2.96. The van der Waals surface area contributed by atoms with Gasteiger partial charge in [0.15, 0.2) is 0 Å². The first-order valence-corrected chi connectivity index (χ1v) is 9.24. The summed E-state index contributed by atoms with van der Waals surface area (Å²) in [5, 5.41) is 2.75. The quantitative estimate of drug-likeness (QED) is 0.680. The molecular formula is C20H26N4O3. The van der Waals surface area contributed by atoms with E-state index in [2.05, 4.69) is 34.0 Å². The molecule has 0 atom stereocenters. The van der Waals surface area contributed by atoms with Gasteiger partial charge in [-0.3, -0.25) is 4.79 Å². The van der Waals surface area contributed by atoms with Crippen molar-refractivity contribution in [1.29, 1.82) is 0 Å². The second-order valence-electron chi connectivity index (χ2n) is 6.00. The number of rotatable bonds is 9. The largest absolute Gasteiger partial charge is 0.462 e. The molecule has 1 aromatic heterocycles. The van der Waals surface area contributed by atoms with Crippen LogP contribution in [0.2, 0.25) is 0 Å². The van der Waals surface area contributed by atoms with E-state index in [1.54, 1.807) is 37.4 Å². The predicted molar refractivity (Wildman–Crippen MR) is 105 cm³/mol. The molecule has 0 radical (unpaired) electrons. The van der Waals surface area contributed by atoms with E-state index in [4.69, 9.17) is 4.74 Å². The van der Waals surface area contributed by atoms with Gasteiger partial charge in [0.05, 0.1) is 24.6 Å². The van der Waals surface area contributed by atoms with Gasteiger partial charge in [-0.2, -0.15) is 0 Å². The minimum absolute atomic E-state index is 0.237. The molecular weight excluding hydrogens is 344 g/mol. The molecule has 0 spiro atoms. The summed E-state index contributed by atoms with van der Waals surface area (Å²) in [4.78, 5) is 34.8. The molecule has 0 bridgehead atoms. The summed E-state index contributed by atoms with van der Waals surface area (Å²) in [7, 11) is 0. The molecule has 0 fully saturated rings. The highest BCUT2D eigenvalue weighted by molar-refractivity contribution is 6.03. The molecule has 2 rings (SSSR count). The van der Waals surface area contributed by atoms with Gasteiger partial charge in [-0.25, -0.2) is 14.8 Å². The van der Waals surface area contributed by atoms with Gasteiger partial charge in [0.2, 0.25) is 0 Å². The molecule has 0 aliphatic rings. The first-order valence-electron chi connectivity index (χ1n) is 9.24. The van der Waals surface area contributed by atoms with Crippen molar-refractivity contribution >= 4 is 23.4 Å². The first kappa shape index (κ1) is 20.4. The normalized spacial score (nSPS) is 10.3. The van der Waals surface area contributed by atoms with Crippen molar-refractivity contribution in [1.82, 2.24) is 9.97 Å². The second kappa shape index (κ2) is 10.3. The summed E-state index contributed by atoms with van der Waals surface area (Å²) in [5.74, 6) is 0.0325. The molecule has 1 aromatic carbocycles. The molecule has 0 aliphatic carbocycles. The van der Waals surface area contributed by atoms with E-state index in [-0.39, 0.29) is 17.6 Å². The SMILES string of the molecule is CCCN(CCC)c1cnc(C(=O)Nc2ccc(C(=O)OCC)cc2)cn1. The summed E-state index contributed by atoms with van der Waals surface area (Å²) in [6.07, 6.45) is 5.15. The number of hydrogen-bond acceptors (Lipinski definition) is 6. The van der Waals surface area contributed by atoms with Crippen LogP contribution in [0.4, 0.5) is 11.5 Å². The Bertz CT molecular complexity index is 739. The summed E-state index contributed by atoms with van der Waals surface area (Å²) in [6.45, 7) is 8.11. The number of anilines is 2. The average Bonchev–Trinajstić information content (AvgIpc) is 2.68. The molecule has 0 aliphatic heterocycles. The summed E-state index contributed by atoms with van der Waals surface area (Å²) < 4.78 is 4.93. The van der Waals surface area contributed by atoms with Crippen LogP contribution >= 0.6 is 0 Å². The zero-order chi connectivity index (χ0) is 19.6. The van der Waals surface area contributed by atoms with Crippen LogP contribution in [0.25, 0.3) is 0 Å². The number of ether oxygens (including phenoxy) is 1. The number of nitrogens with one attached hydrogen (secondary N) is 1. The summed E-state index contributed by atoms with van der Waals surface area (Å²) in [6, 6.07) is 6.51. The number of carbonyl (C=O) groups is 2. The Labute approximate surface area is 159 Å². The minimum Gasteiger partial charge on any atom is -0.462 e. The molecule has 0 saturated heterocycles. The Balaban J connectivity index is 2.02. The van der Waals surface area contributed by atoms with Crippen LogP contribution in [0, 0.1) is 0 Å². The van der Waals surface area contributed by atoms with Crippen molar-refractivity contribution in [3.05, 3.63) is 47.9 Å². The van der Waals surface area contributed by atoms with Crippen LogP contribution < -0.4 is 10.2 Å². The second-order valence-corrected chi connectivity index (χ2v) is 6.00. The van der Waals surface area contributed by atoms with Crippen molar-refractivity contribution in [2.24, 2.45) is 0 Å². The number of aromatic nitrogens is 2. The van der Waals surface area contributed by atoms with Gasteiger partial charge in [0.1, 0.15) is 11.5 Å². The highest BCUT2D eigenvalue weighted by atomic mass is 16.5. The van der Waals surface area contributed by atoms with Gasteiger partial charge in [0, 0.05) is 18.8 Å². The van der Waals surface area contributed by atoms with Gasteiger partial charge < -0.3 is 15.0 Å². The third-order valence-electron chi connectivity index (χ3n) is 3.84. The Morgan fingerprint density at radius 3 is 2.19 bits per heavy atom. The van der Waals surface area contributed by atoms with Crippen molar-refractivity contribution < 1.29 is 14.3 Å². The Kier molecular flexibility index (Phi) is 7.73. The van der Waals surface area contributed by atoms with E-state index < -0.39 is 0 Å². The molecule has 144 valence electrons. The standard InChI is InChI=1S/C20H26N4O3/c1-4-11-24(12-5-2)18-14-21-17(13-22-18)19(25)23-16-9-7-15(8-10-16)20(26)27-6-3/h7-10,13-14H,4-6,11-12H2,1-3H3,(H,23,25). The first-order chi connectivity index (χ1) is 13.1. The molecule has 0 unspecified atom stereocenters. The number of benzene rings is 1. The highest BCUT2D eigenvalue weighted by Crippen LogP contribution is 2.13. The predicted octanol–water partition coefficient (Wildman–Crippen LogP) is 3.53. The monoisotopic (exact) mass is 370 g/mol. The fourth-order valence-electron chi connectivity index (χ4n) is 2.58. The molecule has 1 amide bonds. The van der Waals surface area contributed by atoms with E-state index >= 15 is 0 Å². The zero-order valence-electron chi connectivity index (χ0n) is 16.1. The van der Waals surface area contributed by atoms with E-state index in [1.807, 2.05) is 0 Å². The third-order valence-corrected chi connectivity index (χ3v) is 3.84. The van der Waals surface area contributed by atoms with E-state index in [9.17, 15) is 9.59 Å². The van der Waals surface area contributed by atoms with Crippen LogP contribution in [0.15, 0.2) is 36.7 Å². The van der Waals surface area contributed by atoms with E-state index in [0.29, 0.717) is 17.9 Å². The molecule has 27 heavy (non-hydrogen) atoms. The number of hydrogen-bond donors (Lipinski definition) is 1. The van der Waals surface area contributed by atoms with Crippen LogP contribution in [0.1, 0.15) is 54.5 Å². The van der Waals surface area contributed by atoms with Crippen molar-refractivity contribution in [2.45, 2.75) is 33.6 Å².